The van der Waals surface area contributed by atoms with Gasteiger partial charge in [-0.05, 0) is 93.4 Å². The van der Waals surface area contributed by atoms with Gasteiger partial charge >= 0.3 is 0 Å². The molecule has 0 radical (unpaired) electrons. The summed E-state index contributed by atoms with van der Waals surface area (Å²) >= 11 is 0. The standard InChI is InChI=1S/C32H41N3O6/c1-24-7-11-28(41-24)22-34(18-15-25-8-14-29(39-3)30(21-25)40-4)31(36)23-35(20-19-33-16-5-6-17-33)32(37)26-9-12-27(38-2)13-10-26/h7-14,21H,5-6,15-20,22-23H2,1-4H3. The predicted molar refractivity (Wildman–Crippen MR) is 157 cm³/mol. The Kier molecular flexibility index (Phi) is 10.7. The Morgan fingerprint density at radius 3 is 2.22 bits per heavy atom. The average molecular weight is 564 g/mol. The van der Waals surface area contributed by atoms with Crippen molar-refractivity contribution in [3.63, 3.8) is 0 Å². The maximum absolute atomic E-state index is 13.9. The largest absolute Gasteiger partial charge is 0.497 e. The summed E-state index contributed by atoms with van der Waals surface area (Å²) < 4.78 is 21.9. The molecule has 3 aromatic rings. The van der Waals surface area contributed by atoms with E-state index in [0.29, 0.717) is 54.6 Å². The molecule has 1 saturated heterocycles. The molecule has 1 aliphatic heterocycles. The second kappa shape index (κ2) is 14.6. The van der Waals surface area contributed by atoms with Gasteiger partial charge < -0.3 is 33.3 Å². The molecule has 4 rings (SSSR count). The smallest absolute Gasteiger partial charge is 0.254 e. The van der Waals surface area contributed by atoms with Crippen molar-refractivity contribution in [2.75, 3.05) is 60.6 Å². The highest BCUT2D eigenvalue weighted by Gasteiger charge is 2.25. The highest BCUT2D eigenvalue weighted by molar-refractivity contribution is 5.96. The lowest BCUT2D eigenvalue weighted by molar-refractivity contribution is -0.132. The third-order valence-corrected chi connectivity index (χ3v) is 7.45. The molecule has 9 nitrogen and oxygen atoms in total. The number of methoxy groups -OCH3 is 3. The summed E-state index contributed by atoms with van der Waals surface area (Å²) in [6.45, 7) is 5.87. The number of carbonyl (C=O) groups excluding carboxylic acids is 2. The summed E-state index contributed by atoms with van der Waals surface area (Å²) in [7, 11) is 4.80. The minimum atomic E-state index is -0.172. The van der Waals surface area contributed by atoms with Crippen molar-refractivity contribution in [1.29, 1.82) is 0 Å². The lowest BCUT2D eigenvalue weighted by Gasteiger charge is -2.29. The van der Waals surface area contributed by atoms with E-state index < -0.39 is 0 Å². The first-order chi connectivity index (χ1) is 19.9. The molecule has 2 amide bonds. The van der Waals surface area contributed by atoms with Crippen molar-refractivity contribution >= 4 is 11.8 Å². The fourth-order valence-corrected chi connectivity index (χ4v) is 5.05. The molecule has 0 unspecified atom stereocenters. The summed E-state index contributed by atoms with van der Waals surface area (Å²) in [6, 6.07) is 16.6. The number of amides is 2. The third-order valence-electron chi connectivity index (χ3n) is 7.45. The topological polar surface area (TPSA) is 84.7 Å². The number of rotatable bonds is 14. The van der Waals surface area contributed by atoms with Crippen LogP contribution in [0.15, 0.2) is 59.0 Å². The summed E-state index contributed by atoms with van der Waals surface area (Å²) in [4.78, 5) is 33.3. The van der Waals surface area contributed by atoms with Crippen LogP contribution in [0.1, 0.15) is 40.3 Å². The summed E-state index contributed by atoms with van der Waals surface area (Å²) in [6.07, 6.45) is 2.93. The summed E-state index contributed by atoms with van der Waals surface area (Å²) in [5.41, 5.74) is 1.54. The van der Waals surface area contributed by atoms with Crippen molar-refractivity contribution < 1.29 is 28.2 Å². The second-order valence-electron chi connectivity index (χ2n) is 10.3. The van der Waals surface area contributed by atoms with Crippen LogP contribution < -0.4 is 14.2 Å². The maximum Gasteiger partial charge on any atom is 0.254 e. The zero-order valence-corrected chi connectivity index (χ0v) is 24.6. The molecule has 0 aliphatic carbocycles. The van der Waals surface area contributed by atoms with Crippen LogP contribution in [0.2, 0.25) is 0 Å². The molecule has 0 saturated carbocycles. The van der Waals surface area contributed by atoms with Gasteiger partial charge in [0, 0.05) is 25.2 Å². The number of benzene rings is 2. The van der Waals surface area contributed by atoms with Crippen LogP contribution in [0.4, 0.5) is 0 Å². The van der Waals surface area contributed by atoms with E-state index in [1.807, 2.05) is 37.3 Å². The number of hydrogen-bond donors (Lipinski definition) is 0. The van der Waals surface area contributed by atoms with Crippen LogP contribution >= 0.6 is 0 Å². The van der Waals surface area contributed by atoms with Crippen LogP contribution in [0, 0.1) is 6.92 Å². The Morgan fingerprint density at radius 2 is 1.59 bits per heavy atom. The lowest BCUT2D eigenvalue weighted by Crippen LogP contribution is -2.45. The Hall–Kier alpha value is -3.98. The Morgan fingerprint density at radius 1 is 0.854 bits per heavy atom. The monoisotopic (exact) mass is 563 g/mol. The molecule has 41 heavy (non-hydrogen) atoms. The van der Waals surface area contributed by atoms with Gasteiger partial charge in [0.15, 0.2) is 11.5 Å². The lowest BCUT2D eigenvalue weighted by atomic mass is 10.1. The fraction of sp³-hybridized carbons (Fsp3) is 0.438. The molecule has 1 aliphatic rings. The van der Waals surface area contributed by atoms with Crippen LogP contribution in [0.25, 0.3) is 0 Å². The van der Waals surface area contributed by atoms with Gasteiger partial charge in [0.05, 0.1) is 27.9 Å². The number of hydrogen-bond acceptors (Lipinski definition) is 7. The number of carbonyl (C=O) groups is 2. The Balaban J connectivity index is 1.52. The number of furan rings is 1. The van der Waals surface area contributed by atoms with E-state index in [4.69, 9.17) is 18.6 Å². The van der Waals surface area contributed by atoms with E-state index in [1.165, 1.54) is 0 Å². The normalized spacial score (nSPS) is 13.2. The SMILES string of the molecule is COc1ccc(C(=O)N(CCN2CCCC2)CC(=O)N(CCc2ccc(OC)c(OC)c2)Cc2ccc(C)o2)cc1. The molecule has 0 bridgehead atoms. The first-order valence-electron chi connectivity index (χ1n) is 14.1. The highest BCUT2D eigenvalue weighted by atomic mass is 16.5. The number of ether oxygens (including phenoxy) is 3. The zero-order chi connectivity index (χ0) is 29.2. The number of likely N-dealkylation sites (tertiary alicyclic amines) is 1. The van der Waals surface area contributed by atoms with Gasteiger partial charge in [0.2, 0.25) is 5.91 Å². The van der Waals surface area contributed by atoms with Gasteiger partial charge in [-0.15, -0.1) is 0 Å². The van der Waals surface area contributed by atoms with Crippen molar-refractivity contribution in [1.82, 2.24) is 14.7 Å². The molecule has 0 atom stereocenters. The van der Waals surface area contributed by atoms with E-state index >= 15 is 0 Å². The Bertz CT molecular complexity index is 1280. The minimum absolute atomic E-state index is 0.0235. The first-order valence-corrected chi connectivity index (χ1v) is 14.1. The summed E-state index contributed by atoms with van der Waals surface area (Å²) in [5.74, 6) is 3.15. The molecule has 0 N–H and O–H groups in total. The quantitative estimate of drug-likeness (QED) is 0.287. The van der Waals surface area contributed by atoms with Gasteiger partial charge in [-0.1, -0.05) is 6.07 Å². The van der Waals surface area contributed by atoms with Crippen LogP contribution in [0.5, 0.6) is 17.2 Å². The second-order valence-corrected chi connectivity index (χ2v) is 10.3. The third kappa shape index (κ3) is 8.27. The van der Waals surface area contributed by atoms with Crippen molar-refractivity contribution in [3.8, 4) is 17.2 Å². The molecule has 9 heteroatoms. The van der Waals surface area contributed by atoms with Crippen molar-refractivity contribution in [2.45, 2.75) is 32.7 Å². The van der Waals surface area contributed by atoms with Gasteiger partial charge in [-0.3, -0.25) is 9.59 Å². The van der Waals surface area contributed by atoms with Gasteiger partial charge in [0.1, 0.15) is 23.8 Å². The average Bonchev–Trinajstić information content (AvgIpc) is 3.68. The van der Waals surface area contributed by atoms with E-state index in [-0.39, 0.29) is 18.4 Å². The van der Waals surface area contributed by atoms with Gasteiger partial charge in [-0.2, -0.15) is 0 Å². The van der Waals surface area contributed by atoms with Crippen LogP contribution in [0.3, 0.4) is 0 Å². The number of aryl methyl sites for hydroxylation is 1. The molecular weight excluding hydrogens is 522 g/mol. The molecule has 1 fully saturated rings. The molecule has 0 spiro atoms. The minimum Gasteiger partial charge on any atom is -0.497 e. The summed E-state index contributed by atoms with van der Waals surface area (Å²) in [5, 5.41) is 0. The highest BCUT2D eigenvalue weighted by Crippen LogP contribution is 2.28. The Labute approximate surface area is 242 Å². The molecule has 1 aromatic heterocycles. The van der Waals surface area contributed by atoms with Crippen LogP contribution in [-0.2, 0) is 17.8 Å². The first kappa shape index (κ1) is 30.0. The molecule has 2 heterocycles. The molecule has 220 valence electrons. The number of nitrogens with zero attached hydrogens (tertiary/aromatic N) is 3. The van der Waals surface area contributed by atoms with E-state index in [1.54, 1.807) is 55.4 Å². The van der Waals surface area contributed by atoms with Crippen LogP contribution in [-0.4, -0.2) is 87.1 Å². The predicted octanol–water partition coefficient (Wildman–Crippen LogP) is 4.42. The van der Waals surface area contributed by atoms with Crippen molar-refractivity contribution in [2.24, 2.45) is 0 Å². The van der Waals surface area contributed by atoms with Gasteiger partial charge in [0.25, 0.3) is 5.91 Å². The zero-order valence-electron chi connectivity index (χ0n) is 24.6. The van der Waals surface area contributed by atoms with E-state index in [0.717, 1.165) is 43.8 Å². The van der Waals surface area contributed by atoms with Crippen molar-refractivity contribution in [3.05, 3.63) is 77.2 Å². The molecule has 2 aromatic carbocycles. The maximum atomic E-state index is 13.9. The van der Waals surface area contributed by atoms with E-state index in [2.05, 4.69) is 4.90 Å². The van der Waals surface area contributed by atoms with Gasteiger partial charge in [-0.25, -0.2) is 0 Å². The fourth-order valence-electron chi connectivity index (χ4n) is 5.05. The van der Waals surface area contributed by atoms with E-state index in [9.17, 15) is 9.59 Å². The molecular formula is C32H41N3O6.